The average Bonchev–Trinajstić information content (AvgIpc) is 3.37. The lowest BCUT2D eigenvalue weighted by Gasteiger charge is -2.10. The summed E-state index contributed by atoms with van der Waals surface area (Å²) in [7, 11) is 0. The van der Waals surface area contributed by atoms with E-state index in [0.717, 1.165) is 33.4 Å². The number of hydrogen-bond acceptors (Lipinski definition) is 6. The number of carbonyl (C=O) groups excluding carboxylic acids is 1. The number of nitrogens with zero attached hydrogens (tertiary/aromatic N) is 2. The van der Waals surface area contributed by atoms with Crippen LogP contribution in [0.1, 0.15) is 27.5 Å². The number of anilines is 1. The molecule has 0 saturated heterocycles. The van der Waals surface area contributed by atoms with Crippen LogP contribution in [0, 0.1) is 13.8 Å². The maximum Gasteiger partial charge on any atom is 0.256 e. The van der Waals surface area contributed by atoms with E-state index in [1.807, 2.05) is 73.3 Å². The number of benzene rings is 2. The molecule has 2 heterocycles. The molecule has 0 bridgehead atoms. The van der Waals surface area contributed by atoms with Gasteiger partial charge in [-0.1, -0.05) is 18.2 Å². The SMILES string of the molecule is Cc1nc(-c2cccc(NC(=O)c3ccccc3SCc3cscn3)c2)oc1C. The predicted octanol–water partition coefficient (Wildman–Crippen LogP) is 5.96. The highest BCUT2D eigenvalue weighted by Crippen LogP contribution is 2.28. The first kappa shape index (κ1) is 19.4. The summed E-state index contributed by atoms with van der Waals surface area (Å²) in [6.07, 6.45) is 0. The molecular weight excluding hydrogens is 402 g/mol. The topological polar surface area (TPSA) is 68.0 Å². The Labute approximate surface area is 177 Å². The van der Waals surface area contributed by atoms with Crippen LogP contribution in [0.5, 0.6) is 0 Å². The van der Waals surface area contributed by atoms with Gasteiger partial charge in [-0.2, -0.15) is 0 Å². The summed E-state index contributed by atoms with van der Waals surface area (Å²) >= 11 is 3.18. The number of oxazole rings is 1. The van der Waals surface area contributed by atoms with Crippen LogP contribution in [-0.4, -0.2) is 15.9 Å². The normalized spacial score (nSPS) is 10.8. The molecule has 0 aliphatic heterocycles. The molecule has 0 unspecified atom stereocenters. The molecule has 0 atom stereocenters. The molecule has 7 heteroatoms. The van der Waals surface area contributed by atoms with Gasteiger partial charge in [-0.15, -0.1) is 23.1 Å². The van der Waals surface area contributed by atoms with Gasteiger partial charge in [0.15, 0.2) is 0 Å². The van der Waals surface area contributed by atoms with Gasteiger partial charge in [0.25, 0.3) is 5.91 Å². The molecule has 4 rings (SSSR count). The molecule has 1 amide bonds. The van der Waals surface area contributed by atoms with Crippen LogP contribution in [0.2, 0.25) is 0 Å². The Hall–Kier alpha value is -2.90. The molecular formula is C22H19N3O2S2. The van der Waals surface area contributed by atoms with E-state index >= 15 is 0 Å². The van der Waals surface area contributed by atoms with E-state index in [1.165, 1.54) is 0 Å². The fraction of sp³-hybridized carbons (Fsp3) is 0.136. The number of thioether (sulfide) groups is 1. The first-order valence-corrected chi connectivity index (χ1v) is 11.0. The first-order valence-electron chi connectivity index (χ1n) is 9.05. The summed E-state index contributed by atoms with van der Waals surface area (Å²) in [4.78, 5) is 22.6. The van der Waals surface area contributed by atoms with Crippen molar-refractivity contribution in [3.8, 4) is 11.5 Å². The number of thiazole rings is 1. The summed E-state index contributed by atoms with van der Waals surface area (Å²) in [6.45, 7) is 3.80. The van der Waals surface area contributed by atoms with Crippen LogP contribution in [0.25, 0.3) is 11.5 Å². The van der Waals surface area contributed by atoms with Crippen LogP contribution in [0.15, 0.2) is 68.7 Å². The van der Waals surface area contributed by atoms with Crippen LogP contribution in [0.4, 0.5) is 5.69 Å². The van der Waals surface area contributed by atoms with Gasteiger partial charge in [0.1, 0.15) is 5.76 Å². The van der Waals surface area contributed by atoms with Crippen molar-refractivity contribution in [3.63, 3.8) is 0 Å². The number of aryl methyl sites for hydroxylation is 2. The predicted molar refractivity (Wildman–Crippen MR) is 117 cm³/mol. The summed E-state index contributed by atoms with van der Waals surface area (Å²) in [5, 5.41) is 5.01. The third-order valence-corrected chi connectivity index (χ3v) is 6.13. The van der Waals surface area contributed by atoms with Crippen LogP contribution in [-0.2, 0) is 5.75 Å². The molecule has 2 aromatic carbocycles. The number of carbonyl (C=O) groups is 1. The van der Waals surface area contributed by atoms with Gasteiger partial charge in [-0.25, -0.2) is 9.97 Å². The van der Waals surface area contributed by atoms with E-state index < -0.39 is 0 Å². The quantitative estimate of drug-likeness (QED) is 0.389. The van der Waals surface area contributed by atoms with E-state index in [0.29, 0.717) is 17.1 Å². The van der Waals surface area contributed by atoms with Crippen LogP contribution < -0.4 is 5.32 Å². The molecule has 0 spiro atoms. The Balaban J connectivity index is 1.52. The van der Waals surface area contributed by atoms with Crippen molar-refractivity contribution in [3.05, 3.63) is 82.1 Å². The van der Waals surface area contributed by atoms with Crippen LogP contribution in [0.3, 0.4) is 0 Å². The second-order valence-electron chi connectivity index (χ2n) is 6.46. The molecule has 0 radical (unpaired) electrons. The highest BCUT2D eigenvalue weighted by Gasteiger charge is 2.14. The van der Waals surface area contributed by atoms with Gasteiger partial charge in [-0.3, -0.25) is 4.79 Å². The minimum atomic E-state index is -0.150. The second kappa shape index (κ2) is 8.63. The third-order valence-electron chi connectivity index (χ3n) is 4.39. The summed E-state index contributed by atoms with van der Waals surface area (Å²) in [5.41, 5.74) is 5.85. The van der Waals surface area contributed by atoms with E-state index in [4.69, 9.17) is 4.42 Å². The van der Waals surface area contributed by atoms with E-state index in [-0.39, 0.29) is 5.91 Å². The molecule has 29 heavy (non-hydrogen) atoms. The molecule has 1 N–H and O–H groups in total. The number of rotatable bonds is 6. The molecule has 0 fully saturated rings. The third kappa shape index (κ3) is 4.58. The Morgan fingerprint density at radius 3 is 2.79 bits per heavy atom. The lowest BCUT2D eigenvalue weighted by atomic mass is 10.1. The number of amides is 1. The number of aromatic nitrogens is 2. The zero-order chi connectivity index (χ0) is 20.2. The van der Waals surface area contributed by atoms with Crippen molar-refractivity contribution in [2.45, 2.75) is 24.5 Å². The summed E-state index contributed by atoms with van der Waals surface area (Å²) in [5.74, 6) is 1.92. The van der Waals surface area contributed by atoms with Crippen molar-refractivity contribution in [1.29, 1.82) is 0 Å². The summed E-state index contributed by atoms with van der Waals surface area (Å²) in [6, 6.07) is 15.1. The zero-order valence-corrected chi connectivity index (χ0v) is 17.6. The minimum Gasteiger partial charge on any atom is -0.441 e. The van der Waals surface area contributed by atoms with Gasteiger partial charge in [0.2, 0.25) is 5.89 Å². The lowest BCUT2D eigenvalue weighted by molar-refractivity contribution is 0.102. The second-order valence-corrected chi connectivity index (χ2v) is 8.20. The zero-order valence-electron chi connectivity index (χ0n) is 16.0. The smallest absolute Gasteiger partial charge is 0.256 e. The molecule has 0 aliphatic rings. The fourth-order valence-electron chi connectivity index (χ4n) is 2.77. The maximum atomic E-state index is 12.9. The largest absolute Gasteiger partial charge is 0.441 e. The highest BCUT2D eigenvalue weighted by atomic mass is 32.2. The van der Waals surface area contributed by atoms with Crippen molar-refractivity contribution < 1.29 is 9.21 Å². The minimum absolute atomic E-state index is 0.150. The van der Waals surface area contributed by atoms with Gasteiger partial charge in [-0.05, 0) is 44.2 Å². The van der Waals surface area contributed by atoms with Crippen molar-refractivity contribution in [2.75, 3.05) is 5.32 Å². The number of hydrogen-bond donors (Lipinski definition) is 1. The molecule has 146 valence electrons. The van der Waals surface area contributed by atoms with E-state index in [2.05, 4.69) is 15.3 Å². The Kier molecular flexibility index (Phi) is 5.78. The number of nitrogens with one attached hydrogen (secondary N) is 1. The van der Waals surface area contributed by atoms with E-state index in [1.54, 1.807) is 23.1 Å². The van der Waals surface area contributed by atoms with Gasteiger partial charge >= 0.3 is 0 Å². The molecule has 2 aromatic heterocycles. The van der Waals surface area contributed by atoms with Gasteiger partial charge in [0.05, 0.1) is 22.5 Å². The Morgan fingerprint density at radius 2 is 2.03 bits per heavy atom. The summed E-state index contributed by atoms with van der Waals surface area (Å²) < 4.78 is 5.70. The highest BCUT2D eigenvalue weighted by molar-refractivity contribution is 7.98. The average molecular weight is 422 g/mol. The Morgan fingerprint density at radius 1 is 1.17 bits per heavy atom. The molecule has 0 aliphatic carbocycles. The van der Waals surface area contributed by atoms with Crippen molar-refractivity contribution in [1.82, 2.24) is 9.97 Å². The Bertz CT molecular complexity index is 1120. The molecule has 0 saturated carbocycles. The lowest BCUT2D eigenvalue weighted by Crippen LogP contribution is -2.13. The van der Waals surface area contributed by atoms with Crippen molar-refractivity contribution >= 4 is 34.7 Å². The first-order chi connectivity index (χ1) is 14.1. The van der Waals surface area contributed by atoms with Gasteiger partial charge < -0.3 is 9.73 Å². The van der Waals surface area contributed by atoms with E-state index in [9.17, 15) is 4.79 Å². The molecule has 5 nitrogen and oxygen atoms in total. The van der Waals surface area contributed by atoms with Crippen molar-refractivity contribution in [2.24, 2.45) is 0 Å². The van der Waals surface area contributed by atoms with Crippen LogP contribution >= 0.6 is 23.1 Å². The molecule has 4 aromatic rings. The standard InChI is InChI=1S/C22H19N3O2S2/c1-14-15(2)27-22(24-14)16-6-5-7-17(10-16)25-21(26)19-8-3-4-9-20(19)29-12-18-11-28-13-23-18/h3-11,13H,12H2,1-2H3,(H,25,26). The monoisotopic (exact) mass is 421 g/mol. The van der Waals surface area contributed by atoms with Gasteiger partial charge in [0, 0.05) is 27.3 Å². The maximum absolute atomic E-state index is 12.9. The fourth-order valence-corrected chi connectivity index (χ4v) is 4.38.